The molecular formula is C6H6F2N2O2S. The lowest BCUT2D eigenvalue weighted by molar-refractivity contribution is 0.0702. The predicted molar refractivity (Wildman–Crippen MR) is 43.6 cm³/mol. The van der Waals surface area contributed by atoms with Crippen molar-refractivity contribution in [3.05, 3.63) is 11.1 Å². The Morgan fingerprint density at radius 3 is 2.92 bits per heavy atom. The standard InChI is InChI=1S/C6H6F2N2O2S/c7-4(8)2-10-6-9-1-3(13-6)5(11)12/h1,4H,2H2,(H,9,10)(H,11,12). The minimum absolute atomic E-state index is 0.0248. The highest BCUT2D eigenvalue weighted by molar-refractivity contribution is 7.17. The van der Waals surface area contributed by atoms with E-state index in [1.54, 1.807) is 0 Å². The molecule has 1 heterocycles. The summed E-state index contributed by atoms with van der Waals surface area (Å²) in [6, 6.07) is 0. The van der Waals surface area contributed by atoms with Gasteiger partial charge in [-0.25, -0.2) is 18.6 Å². The number of carboxylic acid groups (broad SMARTS) is 1. The largest absolute Gasteiger partial charge is 0.477 e. The van der Waals surface area contributed by atoms with Crippen LogP contribution in [0.2, 0.25) is 0 Å². The van der Waals surface area contributed by atoms with Crippen LogP contribution in [0.15, 0.2) is 6.20 Å². The van der Waals surface area contributed by atoms with E-state index in [-0.39, 0.29) is 10.0 Å². The number of halogens is 2. The first-order valence-corrected chi connectivity index (χ1v) is 4.12. The lowest BCUT2D eigenvalue weighted by Crippen LogP contribution is -2.09. The normalized spacial score (nSPS) is 10.4. The highest BCUT2D eigenvalue weighted by Crippen LogP contribution is 2.17. The van der Waals surface area contributed by atoms with Gasteiger partial charge in [-0.15, -0.1) is 0 Å². The number of hydrogen-bond acceptors (Lipinski definition) is 4. The van der Waals surface area contributed by atoms with E-state index in [9.17, 15) is 13.6 Å². The van der Waals surface area contributed by atoms with Gasteiger partial charge in [0.1, 0.15) is 4.88 Å². The molecule has 0 atom stereocenters. The number of rotatable bonds is 4. The molecule has 0 aliphatic heterocycles. The number of hydrogen-bond donors (Lipinski definition) is 2. The molecule has 0 aliphatic carbocycles. The van der Waals surface area contributed by atoms with Crippen LogP contribution in [-0.4, -0.2) is 29.0 Å². The zero-order valence-electron chi connectivity index (χ0n) is 6.33. The molecule has 0 fully saturated rings. The lowest BCUT2D eigenvalue weighted by Gasteiger charge is -1.98. The number of alkyl halides is 2. The minimum Gasteiger partial charge on any atom is -0.477 e. The number of nitrogens with zero attached hydrogens (tertiary/aromatic N) is 1. The summed E-state index contributed by atoms with van der Waals surface area (Å²) >= 11 is 0.828. The molecule has 1 aromatic heterocycles. The van der Waals surface area contributed by atoms with Crippen LogP contribution in [0.5, 0.6) is 0 Å². The average molecular weight is 208 g/mol. The van der Waals surface area contributed by atoms with Gasteiger partial charge in [-0.3, -0.25) is 0 Å². The highest BCUT2D eigenvalue weighted by Gasteiger charge is 2.09. The van der Waals surface area contributed by atoms with Gasteiger partial charge in [0.25, 0.3) is 6.43 Å². The summed E-state index contributed by atoms with van der Waals surface area (Å²) in [5, 5.41) is 11.0. The summed E-state index contributed by atoms with van der Waals surface area (Å²) in [6.45, 7) is -0.521. The number of carboxylic acids is 1. The Bertz CT molecular complexity index is 303. The molecule has 0 saturated carbocycles. The summed E-state index contributed by atoms with van der Waals surface area (Å²) in [7, 11) is 0. The lowest BCUT2D eigenvalue weighted by atomic mass is 10.6. The summed E-state index contributed by atoms with van der Waals surface area (Å²) in [6.07, 6.45) is -1.35. The smallest absolute Gasteiger partial charge is 0.347 e. The number of anilines is 1. The van der Waals surface area contributed by atoms with E-state index in [0.717, 1.165) is 17.5 Å². The van der Waals surface area contributed by atoms with Gasteiger partial charge >= 0.3 is 5.97 Å². The minimum atomic E-state index is -2.47. The van der Waals surface area contributed by atoms with E-state index >= 15 is 0 Å². The second-order valence-corrected chi connectivity index (χ2v) is 3.14. The van der Waals surface area contributed by atoms with Gasteiger partial charge in [0, 0.05) is 0 Å². The van der Waals surface area contributed by atoms with Crippen LogP contribution in [0.3, 0.4) is 0 Å². The van der Waals surface area contributed by atoms with Crippen LogP contribution in [0.4, 0.5) is 13.9 Å². The molecule has 0 radical (unpaired) electrons. The topological polar surface area (TPSA) is 62.2 Å². The van der Waals surface area contributed by atoms with Gasteiger partial charge in [-0.2, -0.15) is 0 Å². The molecule has 0 unspecified atom stereocenters. The molecule has 0 spiro atoms. The third kappa shape index (κ3) is 2.94. The first-order chi connectivity index (χ1) is 6.09. The molecule has 72 valence electrons. The summed E-state index contributed by atoms with van der Waals surface area (Å²) in [5.74, 6) is -1.11. The van der Waals surface area contributed by atoms with Crippen molar-refractivity contribution in [3.63, 3.8) is 0 Å². The Hall–Kier alpha value is -1.24. The maximum Gasteiger partial charge on any atom is 0.347 e. The van der Waals surface area contributed by atoms with Gasteiger partial charge in [0.2, 0.25) is 0 Å². The molecule has 1 rings (SSSR count). The number of thiazole rings is 1. The van der Waals surface area contributed by atoms with Gasteiger partial charge in [-0.05, 0) is 0 Å². The molecule has 0 aliphatic rings. The maximum atomic E-state index is 11.7. The van der Waals surface area contributed by atoms with Crippen LogP contribution in [0.1, 0.15) is 9.67 Å². The van der Waals surface area contributed by atoms with E-state index in [4.69, 9.17) is 5.11 Å². The molecule has 1 aromatic rings. The van der Waals surface area contributed by atoms with Crippen molar-refractivity contribution in [3.8, 4) is 0 Å². The summed E-state index contributed by atoms with van der Waals surface area (Å²) < 4.78 is 23.4. The summed E-state index contributed by atoms with van der Waals surface area (Å²) in [4.78, 5) is 14.0. The quantitative estimate of drug-likeness (QED) is 0.787. The predicted octanol–water partition coefficient (Wildman–Crippen LogP) is 1.52. The Kier molecular flexibility index (Phi) is 3.13. The number of carbonyl (C=O) groups is 1. The maximum absolute atomic E-state index is 11.7. The summed E-state index contributed by atoms with van der Waals surface area (Å²) in [5.41, 5.74) is 0. The molecule has 13 heavy (non-hydrogen) atoms. The van der Waals surface area contributed by atoms with E-state index in [1.807, 2.05) is 0 Å². The molecule has 4 nitrogen and oxygen atoms in total. The first-order valence-electron chi connectivity index (χ1n) is 3.30. The van der Waals surface area contributed by atoms with Crippen LogP contribution < -0.4 is 5.32 Å². The van der Waals surface area contributed by atoms with Crippen molar-refractivity contribution >= 4 is 22.4 Å². The number of aromatic nitrogens is 1. The molecule has 7 heteroatoms. The zero-order valence-corrected chi connectivity index (χ0v) is 7.15. The highest BCUT2D eigenvalue weighted by atomic mass is 32.1. The Labute approximate surface area is 76.2 Å². The van der Waals surface area contributed by atoms with Gasteiger partial charge in [0.15, 0.2) is 5.13 Å². The molecule has 0 saturated heterocycles. The number of aromatic carboxylic acids is 1. The van der Waals surface area contributed by atoms with Gasteiger partial charge < -0.3 is 10.4 Å². The van der Waals surface area contributed by atoms with E-state index in [0.29, 0.717) is 0 Å². The second kappa shape index (κ2) is 4.13. The Morgan fingerprint density at radius 1 is 1.77 bits per heavy atom. The van der Waals surface area contributed by atoms with Crippen molar-refractivity contribution < 1.29 is 18.7 Å². The van der Waals surface area contributed by atoms with Gasteiger partial charge in [-0.1, -0.05) is 11.3 Å². The van der Waals surface area contributed by atoms with Crippen molar-refractivity contribution in [1.82, 2.24) is 4.98 Å². The van der Waals surface area contributed by atoms with Crippen LogP contribution in [-0.2, 0) is 0 Å². The van der Waals surface area contributed by atoms with E-state index in [1.165, 1.54) is 0 Å². The Balaban J connectivity index is 2.54. The van der Waals surface area contributed by atoms with Crippen LogP contribution in [0.25, 0.3) is 0 Å². The third-order valence-electron chi connectivity index (χ3n) is 1.12. The molecule has 0 bridgehead atoms. The monoisotopic (exact) mass is 208 g/mol. The van der Waals surface area contributed by atoms with Crippen molar-refractivity contribution in [2.45, 2.75) is 6.43 Å². The zero-order chi connectivity index (χ0) is 9.84. The third-order valence-corrected chi connectivity index (χ3v) is 2.07. The molecular weight excluding hydrogens is 202 g/mol. The first kappa shape index (κ1) is 9.85. The van der Waals surface area contributed by atoms with Crippen molar-refractivity contribution in [2.75, 3.05) is 11.9 Å². The number of nitrogens with one attached hydrogen (secondary N) is 1. The fourth-order valence-electron chi connectivity index (χ4n) is 0.619. The fraction of sp³-hybridized carbons (Fsp3) is 0.333. The fourth-order valence-corrected chi connectivity index (χ4v) is 1.28. The van der Waals surface area contributed by atoms with E-state index < -0.39 is 18.9 Å². The SMILES string of the molecule is O=C(O)c1cnc(NCC(F)F)s1. The Morgan fingerprint density at radius 2 is 2.46 bits per heavy atom. The molecule has 0 aromatic carbocycles. The van der Waals surface area contributed by atoms with Crippen molar-refractivity contribution in [1.29, 1.82) is 0 Å². The van der Waals surface area contributed by atoms with Crippen molar-refractivity contribution in [2.24, 2.45) is 0 Å². The van der Waals surface area contributed by atoms with Crippen LogP contribution in [0, 0.1) is 0 Å². The van der Waals surface area contributed by atoms with Gasteiger partial charge in [0.05, 0.1) is 12.7 Å². The van der Waals surface area contributed by atoms with E-state index in [2.05, 4.69) is 10.3 Å². The van der Waals surface area contributed by atoms with Crippen LogP contribution >= 0.6 is 11.3 Å². The second-order valence-electron chi connectivity index (χ2n) is 2.11. The molecule has 0 amide bonds. The molecule has 2 N–H and O–H groups in total. The average Bonchev–Trinajstić information content (AvgIpc) is 2.48.